The normalized spacial score (nSPS) is 11.1. The third-order valence-corrected chi connectivity index (χ3v) is 5.05. The summed E-state index contributed by atoms with van der Waals surface area (Å²) in [5.41, 5.74) is 4.42. The van der Waals surface area contributed by atoms with Crippen molar-refractivity contribution in [2.75, 3.05) is 0 Å². The van der Waals surface area contributed by atoms with Crippen LogP contribution in [0.5, 0.6) is 5.75 Å². The van der Waals surface area contributed by atoms with Gasteiger partial charge in [-0.2, -0.15) is 0 Å². The lowest BCUT2D eigenvalue weighted by Gasteiger charge is -2.11. The van der Waals surface area contributed by atoms with Gasteiger partial charge in [0.15, 0.2) is 0 Å². The standard InChI is InChI=1S/C23H24ClNO4/c1-14(2)23-18(22(25-29-23)21-15(3)5-4-6-19(21)24)13-28-17-10-7-16(8-11-17)9-12-20(26)27/h4-8,10-11,14H,9,12-13H2,1-3H3,(H,26,27). The van der Waals surface area contributed by atoms with E-state index in [4.69, 9.17) is 26.0 Å². The van der Waals surface area contributed by atoms with E-state index in [2.05, 4.69) is 5.16 Å². The number of aliphatic carboxylic acids is 1. The van der Waals surface area contributed by atoms with Crippen LogP contribution in [0.15, 0.2) is 47.0 Å². The van der Waals surface area contributed by atoms with Gasteiger partial charge in [0, 0.05) is 17.9 Å². The SMILES string of the molecule is Cc1cccc(Cl)c1-c1noc(C(C)C)c1COc1ccc(CCC(=O)O)cc1. The van der Waals surface area contributed by atoms with E-state index in [9.17, 15) is 4.79 Å². The fourth-order valence-electron chi connectivity index (χ4n) is 3.20. The van der Waals surface area contributed by atoms with E-state index in [0.29, 0.717) is 29.5 Å². The molecule has 0 saturated heterocycles. The molecule has 1 aromatic heterocycles. The molecule has 0 unspecified atom stereocenters. The number of aryl methyl sites for hydroxylation is 2. The third-order valence-electron chi connectivity index (χ3n) is 4.74. The van der Waals surface area contributed by atoms with Gasteiger partial charge in [0.2, 0.25) is 0 Å². The number of halogens is 1. The Morgan fingerprint density at radius 1 is 1.21 bits per heavy atom. The van der Waals surface area contributed by atoms with Crippen molar-refractivity contribution >= 4 is 17.6 Å². The van der Waals surface area contributed by atoms with Crippen LogP contribution in [-0.4, -0.2) is 16.2 Å². The summed E-state index contributed by atoms with van der Waals surface area (Å²) in [7, 11) is 0. The van der Waals surface area contributed by atoms with Crippen molar-refractivity contribution in [1.29, 1.82) is 0 Å². The van der Waals surface area contributed by atoms with E-state index in [-0.39, 0.29) is 12.3 Å². The zero-order valence-corrected chi connectivity index (χ0v) is 17.5. The molecular formula is C23H24ClNO4. The summed E-state index contributed by atoms with van der Waals surface area (Å²) in [6.45, 7) is 6.38. The fraction of sp³-hybridized carbons (Fsp3) is 0.304. The summed E-state index contributed by atoms with van der Waals surface area (Å²) in [6.07, 6.45) is 0.605. The molecule has 2 aromatic carbocycles. The van der Waals surface area contributed by atoms with Gasteiger partial charge in [-0.05, 0) is 42.7 Å². The summed E-state index contributed by atoms with van der Waals surface area (Å²) in [4.78, 5) is 10.7. The number of carboxylic acids is 1. The fourth-order valence-corrected chi connectivity index (χ4v) is 3.51. The molecule has 0 radical (unpaired) electrons. The first-order valence-electron chi connectivity index (χ1n) is 9.54. The Morgan fingerprint density at radius 3 is 2.55 bits per heavy atom. The molecule has 0 saturated carbocycles. The molecule has 0 aliphatic rings. The second kappa shape index (κ2) is 9.14. The highest BCUT2D eigenvalue weighted by molar-refractivity contribution is 6.33. The van der Waals surface area contributed by atoms with Crippen LogP contribution in [0.3, 0.4) is 0 Å². The summed E-state index contributed by atoms with van der Waals surface area (Å²) in [5, 5.41) is 13.7. The van der Waals surface area contributed by atoms with E-state index in [1.165, 1.54) is 0 Å². The summed E-state index contributed by atoms with van der Waals surface area (Å²) < 4.78 is 11.6. The van der Waals surface area contributed by atoms with Crippen LogP contribution in [0.2, 0.25) is 5.02 Å². The van der Waals surface area contributed by atoms with Crippen molar-refractivity contribution in [2.45, 2.75) is 46.1 Å². The number of hydrogen-bond donors (Lipinski definition) is 1. The number of nitrogens with zero attached hydrogens (tertiary/aromatic N) is 1. The van der Waals surface area contributed by atoms with E-state index < -0.39 is 5.97 Å². The van der Waals surface area contributed by atoms with E-state index >= 15 is 0 Å². The van der Waals surface area contributed by atoms with Crippen molar-refractivity contribution < 1.29 is 19.2 Å². The summed E-state index contributed by atoms with van der Waals surface area (Å²) >= 11 is 6.45. The van der Waals surface area contributed by atoms with Gasteiger partial charge in [-0.3, -0.25) is 4.79 Å². The van der Waals surface area contributed by atoms with Crippen molar-refractivity contribution in [3.63, 3.8) is 0 Å². The maximum absolute atomic E-state index is 10.7. The molecule has 0 aliphatic heterocycles. The van der Waals surface area contributed by atoms with Gasteiger partial charge in [0.05, 0.1) is 10.6 Å². The van der Waals surface area contributed by atoms with Crippen molar-refractivity contribution in [3.8, 4) is 17.0 Å². The van der Waals surface area contributed by atoms with Crippen LogP contribution in [0.25, 0.3) is 11.3 Å². The van der Waals surface area contributed by atoms with Gasteiger partial charge in [-0.25, -0.2) is 0 Å². The van der Waals surface area contributed by atoms with Crippen LogP contribution in [0.4, 0.5) is 0 Å². The van der Waals surface area contributed by atoms with Gasteiger partial charge in [0.1, 0.15) is 23.8 Å². The number of carbonyl (C=O) groups is 1. The van der Waals surface area contributed by atoms with Gasteiger partial charge in [-0.1, -0.05) is 54.9 Å². The smallest absolute Gasteiger partial charge is 0.303 e. The van der Waals surface area contributed by atoms with Gasteiger partial charge in [0.25, 0.3) is 0 Å². The molecule has 0 fully saturated rings. The average Bonchev–Trinajstić information content (AvgIpc) is 3.09. The number of hydrogen-bond acceptors (Lipinski definition) is 4. The second-order valence-corrected chi connectivity index (χ2v) is 7.69. The quantitative estimate of drug-likeness (QED) is 0.488. The minimum atomic E-state index is -0.804. The Hall–Kier alpha value is -2.79. The lowest BCUT2D eigenvalue weighted by Crippen LogP contribution is -2.02. The minimum absolute atomic E-state index is 0.110. The number of ether oxygens (including phenoxy) is 1. The molecule has 3 aromatic rings. The monoisotopic (exact) mass is 413 g/mol. The molecule has 29 heavy (non-hydrogen) atoms. The number of benzene rings is 2. The summed E-state index contributed by atoms with van der Waals surface area (Å²) in [6, 6.07) is 13.2. The Bertz CT molecular complexity index is 972. The van der Waals surface area contributed by atoms with Crippen LogP contribution in [0.1, 0.15) is 48.6 Å². The molecule has 3 rings (SSSR count). The first-order valence-corrected chi connectivity index (χ1v) is 9.92. The first-order chi connectivity index (χ1) is 13.9. The molecule has 1 N–H and O–H groups in total. The molecule has 0 atom stereocenters. The zero-order chi connectivity index (χ0) is 21.0. The molecule has 1 heterocycles. The molecule has 152 valence electrons. The maximum Gasteiger partial charge on any atom is 0.303 e. The highest BCUT2D eigenvalue weighted by Gasteiger charge is 2.23. The molecule has 5 nitrogen and oxygen atoms in total. The summed E-state index contributed by atoms with van der Waals surface area (Å²) in [5.74, 6) is 0.816. The van der Waals surface area contributed by atoms with E-state index in [0.717, 1.165) is 28.0 Å². The molecular weight excluding hydrogens is 390 g/mol. The highest BCUT2D eigenvalue weighted by Crippen LogP contribution is 2.36. The average molecular weight is 414 g/mol. The predicted molar refractivity (Wildman–Crippen MR) is 113 cm³/mol. The largest absolute Gasteiger partial charge is 0.489 e. The van der Waals surface area contributed by atoms with Gasteiger partial charge < -0.3 is 14.4 Å². The third kappa shape index (κ3) is 4.98. The van der Waals surface area contributed by atoms with Gasteiger partial charge in [-0.15, -0.1) is 0 Å². The molecule has 0 amide bonds. The highest BCUT2D eigenvalue weighted by atomic mass is 35.5. The van der Waals surface area contributed by atoms with Crippen molar-refractivity contribution in [3.05, 3.63) is 69.9 Å². The number of rotatable bonds is 8. The minimum Gasteiger partial charge on any atom is -0.489 e. The van der Waals surface area contributed by atoms with Crippen LogP contribution in [0, 0.1) is 6.92 Å². The molecule has 0 spiro atoms. The molecule has 0 bridgehead atoms. The molecule has 0 aliphatic carbocycles. The second-order valence-electron chi connectivity index (χ2n) is 7.29. The lowest BCUT2D eigenvalue weighted by molar-refractivity contribution is -0.136. The number of carboxylic acid groups (broad SMARTS) is 1. The van der Waals surface area contributed by atoms with Crippen molar-refractivity contribution in [2.24, 2.45) is 0 Å². The van der Waals surface area contributed by atoms with Crippen LogP contribution >= 0.6 is 11.6 Å². The Kier molecular flexibility index (Phi) is 6.60. The topological polar surface area (TPSA) is 72.6 Å². The van der Waals surface area contributed by atoms with Crippen LogP contribution in [-0.2, 0) is 17.8 Å². The van der Waals surface area contributed by atoms with Crippen molar-refractivity contribution in [1.82, 2.24) is 5.16 Å². The Morgan fingerprint density at radius 2 is 1.93 bits per heavy atom. The maximum atomic E-state index is 10.7. The molecule has 6 heteroatoms. The zero-order valence-electron chi connectivity index (χ0n) is 16.7. The lowest BCUT2D eigenvalue weighted by atomic mass is 9.98. The Labute approximate surface area is 175 Å². The Balaban J connectivity index is 1.83. The van der Waals surface area contributed by atoms with E-state index in [1.54, 1.807) is 0 Å². The number of aromatic nitrogens is 1. The first kappa shape index (κ1) is 20.9. The van der Waals surface area contributed by atoms with E-state index in [1.807, 2.05) is 63.2 Å². The van der Waals surface area contributed by atoms with Crippen LogP contribution < -0.4 is 4.74 Å². The predicted octanol–water partition coefficient (Wildman–Crippen LogP) is 6.02. The van der Waals surface area contributed by atoms with Gasteiger partial charge >= 0.3 is 5.97 Å².